The van der Waals surface area contributed by atoms with Crippen molar-refractivity contribution in [2.75, 3.05) is 0 Å². The Morgan fingerprint density at radius 2 is 2.00 bits per heavy atom. The summed E-state index contributed by atoms with van der Waals surface area (Å²) in [5, 5.41) is 12.5. The number of benzene rings is 1. The Balaban J connectivity index is 1.84. The summed E-state index contributed by atoms with van der Waals surface area (Å²) in [5.74, 6) is 0.752. The highest BCUT2D eigenvalue weighted by atomic mass is 16.4. The summed E-state index contributed by atoms with van der Waals surface area (Å²) in [6, 6.07) is 7.77. The molecule has 1 aromatic carbocycles. The Kier molecular flexibility index (Phi) is 5.18. The zero-order valence-corrected chi connectivity index (χ0v) is 12.4. The molecular weight excluding hydrogens is 250 g/mol. The smallest absolute Gasteiger partial charge is 0.335 e. The lowest BCUT2D eigenvalue weighted by molar-refractivity contribution is 0.0697. The first kappa shape index (κ1) is 15.0. The number of aromatic carboxylic acids is 1. The molecule has 110 valence electrons. The van der Waals surface area contributed by atoms with Gasteiger partial charge in [-0.05, 0) is 42.4 Å². The number of hydrogen-bond donors (Lipinski definition) is 2. The molecule has 1 aliphatic carbocycles. The van der Waals surface area contributed by atoms with Crippen molar-refractivity contribution in [3.8, 4) is 0 Å². The maximum atomic E-state index is 10.8. The van der Waals surface area contributed by atoms with Crippen molar-refractivity contribution >= 4 is 5.97 Å². The van der Waals surface area contributed by atoms with Crippen LogP contribution in [0, 0.1) is 11.8 Å². The molecule has 0 aliphatic heterocycles. The second kappa shape index (κ2) is 6.89. The summed E-state index contributed by atoms with van der Waals surface area (Å²) in [4.78, 5) is 10.8. The van der Waals surface area contributed by atoms with Gasteiger partial charge in [0.2, 0.25) is 0 Å². The highest BCUT2D eigenvalue weighted by Gasteiger charge is 2.23. The van der Waals surface area contributed by atoms with Crippen LogP contribution in [0.3, 0.4) is 0 Å². The van der Waals surface area contributed by atoms with Crippen LogP contribution in [-0.2, 0) is 6.54 Å². The number of hydrogen-bond acceptors (Lipinski definition) is 2. The first-order valence-corrected chi connectivity index (χ1v) is 7.62. The number of nitrogens with one attached hydrogen (secondary N) is 1. The molecule has 1 saturated carbocycles. The van der Waals surface area contributed by atoms with E-state index >= 15 is 0 Å². The number of carboxylic acid groups (broad SMARTS) is 1. The molecule has 0 aromatic heterocycles. The minimum absolute atomic E-state index is 0.353. The summed E-state index contributed by atoms with van der Waals surface area (Å²) in [6.07, 6.45) is 5.21. The van der Waals surface area contributed by atoms with E-state index in [1.54, 1.807) is 12.1 Å². The van der Waals surface area contributed by atoms with Crippen molar-refractivity contribution in [3.05, 3.63) is 35.4 Å². The van der Waals surface area contributed by atoms with E-state index in [9.17, 15) is 4.79 Å². The predicted molar refractivity (Wildman–Crippen MR) is 80.8 cm³/mol. The lowest BCUT2D eigenvalue weighted by Crippen LogP contribution is -2.35. The van der Waals surface area contributed by atoms with E-state index in [1.165, 1.54) is 25.7 Å². The third kappa shape index (κ3) is 4.07. The van der Waals surface area contributed by atoms with E-state index in [-0.39, 0.29) is 0 Å². The largest absolute Gasteiger partial charge is 0.478 e. The van der Waals surface area contributed by atoms with Crippen LogP contribution in [0.2, 0.25) is 0 Å². The standard InChI is InChI=1S/C17H25NO2/c1-12(2)15-4-3-5-16(10-15)18-11-13-6-8-14(9-7-13)17(19)20/h6-9,12,15-16,18H,3-5,10-11H2,1-2H3,(H,19,20). The van der Waals surface area contributed by atoms with E-state index < -0.39 is 5.97 Å². The maximum Gasteiger partial charge on any atom is 0.335 e. The van der Waals surface area contributed by atoms with Gasteiger partial charge in [-0.15, -0.1) is 0 Å². The number of carbonyl (C=O) groups is 1. The third-order valence-corrected chi connectivity index (χ3v) is 4.45. The Morgan fingerprint density at radius 1 is 1.30 bits per heavy atom. The molecule has 1 aromatic rings. The van der Waals surface area contributed by atoms with E-state index in [1.807, 2.05) is 12.1 Å². The van der Waals surface area contributed by atoms with Crippen LogP contribution in [0.1, 0.15) is 55.5 Å². The molecule has 2 N–H and O–H groups in total. The fourth-order valence-corrected chi connectivity index (χ4v) is 3.05. The van der Waals surface area contributed by atoms with Crippen LogP contribution in [-0.4, -0.2) is 17.1 Å². The molecule has 0 bridgehead atoms. The fourth-order valence-electron chi connectivity index (χ4n) is 3.05. The molecule has 0 spiro atoms. The van der Waals surface area contributed by atoms with E-state index in [0.29, 0.717) is 11.6 Å². The zero-order chi connectivity index (χ0) is 14.5. The summed E-state index contributed by atoms with van der Waals surface area (Å²) in [6.45, 7) is 5.46. The quantitative estimate of drug-likeness (QED) is 0.861. The minimum Gasteiger partial charge on any atom is -0.478 e. The van der Waals surface area contributed by atoms with Gasteiger partial charge in [0.25, 0.3) is 0 Å². The van der Waals surface area contributed by atoms with Crippen LogP contribution in [0.15, 0.2) is 24.3 Å². The first-order valence-electron chi connectivity index (χ1n) is 7.62. The summed E-state index contributed by atoms with van der Waals surface area (Å²) in [5.41, 5.74) is 1.51. The number of rotatable bonds is 5. The molecule has 0 radical (unpaired) electrons. The van der Waals surface area contributed by atoms with Gasteiger partial charge in [0, 0.05) is 12.6 Å². The first-order chi connectivity index (χ1) is 9.56. The highest BCUT2D eigenvalue weighted by Crippen LogP contribution is 2.30. The molecule has 2 rings (SSSR count). The van der Waals surface area contributed by atoms with E-state index in [2.05, 4.69) is 19.2 Å². The van der Waals surface area contributed by atoms with Gasteiger partial charge >= 0.3 is 5.97 Å². The normalized spacial score (nSPS) is 22.9. The Bertz CT molecular complexity index is 439. The maximum absolute atomic E-state index is 10.8. The van der Waals surface area contributed by atoms with E-state index in [0.717, 1.165) is 23.9 Å². The van der Waals surface area contributed by atoms with Crippen molar-refractivity contribution in [2.24, 2.45) is 11.8 Å². The minimum atomic E-state index is -0.864. The molecule has 2 unspecified atom stereocenters. The molecule has 0 saturated heterocycles. The van der Waals surface area contributed by atoms with Crippen molar-refractivity contribution < 1.29 is 9.90 Å². The molecule has 0 amide bonds. The molecular formula is C17H25NO2. The van der Waals surface area contributed by atoms with Gasteiger partial charge in [-0.3, -0.25) is 0 Å². The van der Waals surface area contributed by atoms with Crippen molar-refractivity contribution in [1.82, 2.24) is 5.32 Å². The third-order valence-electron chi connectivity index (χ3n) is 4.45. The fraction of sp³-hybridized carbons (Fsp3) is 0.588. The summed E-state index contributed by atoms with van der Waals surface area (Å²) >= 11 is 0. The predicted octanol–water partition coefficient (Wildman–Crippen LogP) is 3.69. The van der Waals surface area contributed by atoms with Crippen LogP contribution in [0.4, 0.5) is 0 Å². The molecule has 0 heterocycles. The van der Waals surface area contributed by atoms with Gasteiger partial charge in [-0.25, -0.2) is 4.79 Å². The van der Waals surface area contributed by atoms with Crippen molar-refractivity contribution in [2.45, 2.75) is 52.1 Å². The van der Waals surface area contributed by atoms with Gasteiger partial charge < -0.3 is 10.4 Å². The van der Waals surface area contributed by atoms with Gasteiger partial charge in [0.1, 0.15) is 0 Å². The zero-order valence-electron chi connectivity index (χ0n) is 12.4. The van der Waals surface area contributed by atoms with Crippen LogP contribution in [0.5, 0.6) is 0 Å². The van der Waals surface area contributed by atoms with Crippen molar-refractivity contribution in [3.63, 3.8) is 0 Å². The van der Waals surface area contributed by atoms with Crippen LogP contribution >= 0.6 is 0 Å². The summed E-state index contributed by atoms with van der Waals surface area (Å²) < 4.78 is 0. The highest BCUT2D eigenvalue weighted by molar-refractivity contribution is 5.87. The van der Waals surface area contributed by atoms with Gasteiger partial charge in [0.15, 0.2) is 0 Å². The monoisotopic (exact) mass is 275 g/mol. The molecule has 3 heteroatoms. The van der Waals surface area contributed by atoms with Crippen LogP contribution in [0.25, 0.3) is 0 Å². The Hall–Kier alpha value is -1.35. The lowest BCUT2D eigenvalue weighted by Gasteiger charge is -2.32. The van der Waals surface area contributed by atoms with E-state index in [4.69, 9.17) is 5.11 Å². The second-order valence-corrected chi connectivity index (χ2v) is 6.25. The van der Waals surface area contributed by atoms with Crippen molar-refractivity contribution in [1.29, 1.82) is 0 Å². The Labute approximate surface area is 121 Å². The van der Waals surface area contributed by atoms with Gasteiger partial charge in [-0.1, -0.05) is 38.8 Å². The second-order valence-electron chi connectivity index (χ2n) is 6.25. The molecule has 20 heavy (non-hydrogen) atoms. The topological polar surface area (TPSA) is 49.3 Å². The molecule has 2 atom stereocenters. The summed E-state index contributed by atoms with van der Waals surface area (Å²) in [7, 11) is 0. The number of carboxylic acids is 1. The van der Waals surface area contributed by atoms with Gasteiger partial charge in [-0.2, -0.15) is 0 Å². The molecule has 1 aliphatic rings. The average molecular weight is 275 g/mol. The lowest BCUT2D eigenvalue weighted by atomic mass is 9.79. The Morgan fingerprint density at radius 3 is 2.60 bits per heavy atom. The average Bonchev–Trinajstić information content (AvgIpc) is 2.46. The van der Waals surface area contributed by atoms with Crippen LogP contribution < -0.4 is 5.32 Å². The SMILES string of the molecule is CC(C)C1CCCC(NCc2ccc(C(=O)O)cc2)C1. The molecule has 1 fully saturated rings. The van der Waals surface area contributed by atoms with Gasteiger partial charge in [0.05, 0.1) is 5.56 Å². The molecule has 3 nitrogen and oxygen atoms in total.